The fourth-order valence-corrected chi connectivity index (χ4v) is 4.14. The van der Waals surface area contributed by atoms with Crippen molar-refractivity contribution in [2.45, 2.75) is 24.5 Å². The lowest BCUT2D eigenvalue weighted by atomic mass is 9.84. The first-order valence-corrected chi connectivity index (χ1v) is 10.7. The first kappa shape index (κ1) is 24.3. The molecule has 4 rings (SSSR count). The van der Waals surface area contributed by atoms with Gasteiger partial charge in [-0.15, -0.1) is 12.4 Å². The summed E-state index contributed by atoms with van der Waals surface area (Å²) in [6.07, 6.45) is 0.958. The predicted molar refractivity (Wildman–Crippen MR) is 124 cm³/mol. The zero-order valence-corrected chi connectivity index (χ0v) is 18.6. The summed E-state index contributed by atoms with van der Waals surface area (Å²) >= 11 is 0. The Morgan fingerprint density at radius 3 is 1.81 bits per heavy atom. The van der Waals surface area contributed by atoms with Gasteiger partial charge in [0.15, 0.2) is 0 Å². The maximum atomic E-state index is 13.4. The Labute approximate surface area is 194 Å². The zero-order valence-electron chi connectivity index (χ0n) is 17.8. The van der Waals surface area contributed by atoms with E-state index >= 15 is 0 Å². The second-order valence-corrected chi connectivity index (χ2v) is 8.09. The molecule has 0 spiro atoms. The third-order valence-corrected chi connectivity index (χ3v) is 6.03. The molecule has 1 N–H and O–H groups in total. The van der Waals surface area contributed by atoms with E-state index in [1.54, 1.807) is 24.3 Å². The van der Waals surface area contributed by atoms with Crippen LogP contribution in [0.3, 0.4) is 0 Å². The lowest BCUT2D eigenvalue weighted by Gasteiger charge is -2.38. The summed E-state index contributed by atoms with van der Waals surface area (Å²) in [5.74, 6) is -0.610. The second-order valence-electron chi connectivity index (χ2n) is 8.09. The number of halogens is 3. The van der Waals surface area contributed by atoms with Gasteiger partial charge >= 0.3 is 0 Å². The van der Waals surface area contributed by atoms with Crippen molar-refractivity contribution in [2.75, 3.05) is 26.2 Å². The molecule has 1 aliphatic heterocycles. The van der Waals surface area contributed by atoms with Crippen molar-refractivity contribution in [3.05, 3.63) is 107 Å². The van der Waals surface area contributed by atoms with Crippen molar-refractivity contribution in [1.29, 1.82) is 0 Å². The molecule has 3 aromatic carbocycles. The van der Waals surface area contributed by atoms with Crippen LogP contribution in [0.15, 0.2) is 78.9 Å². The minimum Gasteiger partial charge on any atom is -0.385 e. The van der Waals surface area contributed by atoms with Gasteiger partial charge in [-0.1, -0.05) is 54.6 Å². The number of hydrogen-bond donors (Lipinski definition) is 1. The highest BCUT2D eigenvalue weighted by Crippen LogP contribution is 2.33. The highest BCUT2D eigenvalue weighted by Gasteiger charge is 2.33. The monoisotopic (exact) mass is 459 g/mol. The summed E-state index contributed by atoms with van der Waals surface area (Å²) in [6, 6.07) is 22.3. The maximum absolute atomic E-state index is 13.4. The predicted octanol–water partition coefficient (Wildman–Crippen LogP) is 5.48. The first-order valence-electron chi connectivity index (χ1n) is 10.7. The molecule has 0 amide bonds. The molecule has 0 bridgehead atoms. The van der Waals surface area contributed by atoms with Crippen molar-refractivity contribution in [3.63, 3.8) is 0 Å². The Morgan fingerprint density at radius 2 is 1.31 bits per heavy atom. The summed E-state index contributed by atoms with van der Waals surface area (Å²) in [5, 5.41) is 11.0. The SMILES string of the molecule is Cl.OC1(c2ccccc2)CCN(CCOC(c2ccc(F)cc2)c2ccc(F)cc2)CC1. The van der Waals surface area contributed by atoms with E-state index < -0.39 is 11.7 Å². The maximum Gasteiger partial charge on any atom is 0.123 e. The normalized spacial score (nSPS) is 16.0. The molecule has 0 atom stereocenters. The van der Waals surface area contributed by atoms with Gasteiger partial charge in [0.2, 0.25) is 0 Å². The van der Waals surface area contributed by atoms with E-state index in [-0.39, 0.29) is 24.0 Å². The van der Waals surface area contributed by atoms with E-state index in [0.717, 1.165) is 36.3 Å². The van der Waals surface area contributed by atoms with Crippen LogP contribution in [0.4, 0.5) is 8.78 Å². The molecule has 0 aliphatic carbocycles. The summed E-state index contributed by atoms with van der Waals surface area (Å²) < 4.78 is 32.9. The van der Waals surface area contributed by atoms with Crippen molar-refractivity contribution < 1.29 is 18.6 Å². The summed E-state index contributed by atoms with van der Waals surface area (Å²) in [7, 11) is 0. The van der Waals surface area contributed by atoms with Gasteiger partial charge in [0.1, 0.15) is 17.7 Å². The molecule has 1 fully saturated rings. The van der Waals surface area contributed by atoms with E-state index in [0.29, 0.717) is 19.4 Å². The van der Waals surface area contributed by atoms with Gasteiger partial charge in [0.25, 0.3) is 0 Å². The molecule has 3 nitrogen and oxygen atoms in total. The van der Waals surface area contributed by atoms with Gasteiger partial charge in [-0.3, -0.25) is 0 Å². The number of piperidine rings is 1. The van der Waals surface area contributed by atoms with Gasteiger partial charge in [0.05, 0.1) is 12.2 Å². The summed E-state index contributed by atoms with van der Waals surface area (Å²) in [4.78, 5) is 2.28. The smallest absolute Gasteiger partial charge is 0.123 e. The van der Waals surface area contributed by atoms with Gasteiger partial charge in [-0.2, -0.15) is 0 Å². The van der Waals surface area contributed by atoms with Crippen molar-refractivity contribution in [2.24, 2.45) is 0 Å². The molecular formula is C26H28ClF2NO2. The van der Waals surface area contributed by atoms with Crippen LogP contribution < -0.4 is 0 Å². The molecule has 32 heavy (non-hydrogen) atoms. The number of rotatable bonds is 7. The van der Waals surface area contributed by atoms with Gasteiger partial charge in [-0.25, -0.2) is 8.78 Å². The third kappa shape index (κ3) is 5.93. The average Bonchev–Trinajstić information content (AvgIpc) is 2.80. The van der Waals surface area contributed by atoms with E-state index in [2.05, 4.69) is 4.90 Å². The number of aliphatic hydroxyl groups is 1. The van der Waals surface area contributed by atoms with Crippen molar-refractivity contribution in [1.82, 2.24) is 4.90 Å². The fourth-order valence-electron chi connectivity index (χ4n) is 4.14. The van der Waals surface area contributed by atoms with Crippen LogP contribution in [0.1, 0.15) is 35.6 Å². The molecule has 1 aliphatic rings. The summed E-state index contributed by atoms with van der Waals surface area (Å²) in [6.45, 7) is 2.77. The molecule has 0 aromatic heterocycles. The Kier molecular flexibility index (Phi) is 8.38. The van der Waals surface area contributed by atoms with Gasteiger partial charge < -0.3 is 14.7 Å². The Morgan fingerprint density at radius 1 is 0.812 bits per heavy atom. The molecule has 170 valence electrons. The standard InChI is InChI=1S/C26H27F2NO2.ClH/c27-23-10-6-20(7-11-23)25(21-8-12-24(28)13-9-21)31-19-18-29-16-14-26(30,15-17-29)22-4-2-1-3-5-22;/h1-13,25,30H,14-19H2;1H. The Hall–Kier alpha value is -2.31. The van der Waals surface area contributed by atoms with E-state index in [9.17, 15) is 13.9 Å². The van der Waals surface area contributed by atoms with Crippen LogP contribution in [0.5, 0.6) is 0 Å². The van der Waals surface area contributed by atoms with E-state index in [4.69, 9.17) is 4.74 Å². The van der Waals surface area contributed by atoms with Crippen LogP contribution >= 0.6 is 12.4 Å². The van der Waals surface area contributed by atoms with Crippen molar-refractivity contribution in [3.8, 4) is 0 Å². The third-order valence-electron chi connectivity index (χ3n) is 6.03. The lowest BCUT2D eigenvalue weighted by Crippen LogP contribution is -2.43. The summed E-state index contributed by atoms with van der Waals surface area (Å²) in [5.41, 5.74) is 1.84. The van der Waals surface area contributed by atoms with Crippen LogP contribution in [-0.2, 0) is 10.3 Å². The number of nitrogens with zero attached hydrogens (tertiary/aromatic N) is 1. The fraction of sp³-hybridized carbons (Fsp3) is 0.308. The van der Waals surface area contributed by atoms with Crippen LogP contribution in [0.2, 0.25) is 0 Å². The van der Waals surface area contributed by atoms with Gasteiger partial charge in [-0.05, 0) is 53.8 Å². The number of benzene rings is 3. The van der Waals surface area contributed by atoms with Gasteiger partial charge in [0, 0.05) is 19.6 Å². The molecule has 0 saturated carbocycles. The molecule has 3 aromatic rings. The molecular weight excluding hydrogens is 432 g/mol. The molecule has 6 heteroatoms. The Balaban J connectivity index is 0.00000289. The molecule has 1 heterocycles. The topological polar surface area (TPSA) is 32.7 Å². The minimum atomic E-state index is -0.774. The van der Waals surface area contributed by atoms with Crippen LogP contribution in [0.25, 0.3) is 0 Å². The quantitative estimate of drug-likeness (QED) is 0.508. The van der Waals surface area contributed by atoms with Crippen molar-refractivity contribution >= 4 is 12.4 Å². The van der Waals surface area contributed by atoms with E-state index in [1.165, 1.54) is 24.3 Å². The molecule has 0 unspecified atom stereocenters. The Bertz CT molecular complexity index is 914. The zero-order chi connectivity index (χ0) is 21.7. The average molecular weight is 460 g/mol. The number of hydrogen-bond acceptors (Lipinski definition) is 3. The number of ether oxygens (including phenoxy) is 1. The molecule has 1 saturated heterocycles. The highest BCUT2D eigenvalue weighted by atomic mass is 35.5. The van der Waals surface area contributed by atoms with E-state index in [1.807, 2.05) is 30.3 Å². The van der Waals surface area contributed by atoms with Crippen LogP contribution in [-0.4, -0.2) is 36.2 Å². The second kappa shape index (κ2) is 11.0. The number of likely N-dealkylation sites (tertiary alicyclic amines) is 1. The largest absolute Gasteiger partial charge is 0.385 e. The first-order chi connectivity index (χ1) is 15.0. The highest BCUT2D eigenvalue weighted by molar-refractivity contribution is 5.85. The lowest BCUT2D eigenvalue weighted by molar-refractivity contribution is -0.0339. The van der Waals surface area contributed by atoms with Crippen LogP contribution in [0, 0.1) is 11.6 Å². The molecule has 0 radical (unpaired) electrons. The minimum absolute atomic E-state index is 0.